The summed E-state index contributed by atoms with van der Waals surface area (Å²) in [6, 6.07) is 11.8. The van der Waals surface area contributed by atoms with Crippen molar-refractivity contribution in [3.8, 4) is 11.3 Å². The maximum atomic E-state index is 13.6. The standard InChI is InChI=1S/C25H18Cl2N2O4S2/c1-3-32-24(31)21-13(2)28-25-29(22(21)19-5-4-10-34-19)23(30)20(35-25)12-15-7-9-18(33-15)16-11-14(26)6-8-17(16)27/h4-12,22H,3H2,1-2H3/b20-12+/t22-/m0/s1. The molecular formula is C25H18Cl2N2O4S2. The van der Waals surface area contributed by atoms with E-state index in [2.05, 4.69) is 4.99 Å². The molecule has 3 aromatic heterocycles. The quantitative estimate of drug-likeness (QED) is 0.314. The maximum Gasteiger partial charge on any atom is 0.338 e. The Morgan fingerprint density at radius 1 is 1.26 bits per heavy atom. The lowest BCUT2D eigenvalue weighted by Gasteiger charge is -2.23. The Balaban J connectivity index is 1.62. The number of furan rings is 1. The molecule has 0 bridgehead atoms. The number of esters is 1. The summed E-state index contributed by atoms with van der Waals surface area (Å²) in [6.07, 6.45) is 1.67. The van der Waals surface area contributed by atoms with Gasteiger partial charge in [0, 0.05) is 21.5 Å². The lowest BCUT2D eigenvalue weighted by Crippen LogP contribution is -2.39. The molecule has 0 spiro atoms. The van der Waals surface area contributed by atoms with Crippen LogP contribution in [0.3, 0.4) is 0 Å². The van der Waals surface area contributed by atoms with Gasteiger partial charge in [0.05, 0.1) is 27.4 Å². The maximum absolute atomic E-state index is 13.6. The fourth-order valence-electron chi connectivity index (χ4n) is 3.90. The second kappa shape index (κ2) is 9.62. The lowest BCUT2D eigenvalue weighted by molar-refractivity contribution is -0.139. The van der Waals surface area contributed by atoms with Gasteiger partial charge in [-0.05, 0) is 55.6 Å². The summed E-state index contributed by atoms with van der Waals surface area (Å²) in [7, 11) is 0. The first-order valence-corrected chi connectivity index (χ1v) is 13.1. The van der Waals surface area contributed by atoms with Crippen LogP contribution in [0.2, 0.25) is 10.0 Å². The summed E-state index contributed by atoms with van der Waals surface area (Å²) in [5, 5.41) is 2.96. The van der Waals surface area contributed by atoms with Gasteiger partial charge in [-0.3, -0.25) is 9.36 Å². The zero-order valence-corrected chi connectivity index (χ0v) is 21.7. The van der Waals surface area contributed by atoms with Gasteiger partial charge < -0.3 is 9.15 Å². The fourth-order valence-corrected chi connectivity index (χ4v) is 6.13. The molecule has 1 aromatic carbocycles. The molecule has 35 heavy (non-hydrogen) atoms. The smallest absolute Gasteiger partial charge is 0.338 e. The molecule has 0 fully saturated rings. The summed E-state index contributed by atoms with van der Waals surface area (Å²) < 4.78 is 13.2. The second-order valence-electron chi connectivity index (χ2n) is 7.64. The van der Waals surface area contributed by atoms with E-state index in [9.17, 15) is 9.59 Å². The molecule has 0 saturated heterocycles. The number of fused-ring (bicyclic) bond motifs is 1. The van der Waals surface area contributed by atoms with E-state index in [-0.39, 0.29) is 12.2 Å². The number of ether oxygens (including phenoxy) is 1. The predicted octanol–water partition coefficient (Wildman–Crippen LogP) is 5.43. The van der Waals surface area contributed by atoms with Crippen molar-refractivity contribution in [3.63, 3.8) is 0 Å². The Hall–Kier alpha value is -2.91. The molecule has 4 heterocycles. The molecule has 1 aliphatic heterocycles. The zero-order chi connectivity index (χ0) is 24.7. The Labute approximate surface area is 218 Å². The van der Waals surface area contributed by atoms with E-state index >= 15 is 0 Å². The molecule has 0 aliphatic carbocycles. The number of carbonyl (C=O) groups is 1. The first-order chi connectivity index (χ1) is 16.9. The van der Waals surface area contributed by atoms with Gasteiger partial charge in [-0.15, -0.1) is 11.3 Å². The Bertz CT molecular complexity index is 1640. The summed E-state index contributed by atoms with van der Waals surface area (Å²) in [5.41, 5.74) is 1.29. The highest BCUT2D eigenvalue weighted by atomic mass is 35.5. The zero-order valence-electron chi connectivity index (χ0n) is 18.6. The number of thiophene rings is 1. The van der Waals surface area contributed by atoms with Crippen LogP contribution in [0.15, 0.2) is 73.3 Å². The molecule has 1 atom stereocenters. The minimum atomic E-state index is -0.607. The van der Waals surface area contributed by atoms with Crippen molar-refractivity contribution in [2.24, 2.45) is 4.99 Å². The molecule has 0 N–H and O–H groups in total. The number of hydrogen-bond acceptors (Lipinski definition) is 7. The Kier molecular flexibility index (Phi) is 6.55. The van der Waals surface area contributed by atoms with E-state index < -0.39 is 12.0 Å². The van der Waals surface area contributed by atoms with E-state index in [4.69, 9.17) is 32.4 Å². The summed E-state index contributed by atoms with van der Waals surface area (Å²) in [5.74, 6) is 0.541. The average Bonchev–Trinajstić information content (AvgIpc) is 3.57. The molecule has 0 unspecified atom stereocenters. The lowest BCUT2D eigenvalue weighted by atomic mass is 10.0. The average molecular weight is 545 g/mol. The monoisotopic (exact) mass is 544 g/mol. The summed E-state index contributed by atoms with van der Waals surface area (Å²) >= 11 is 15.1. The molecule has 1 aliphatic rings. The van der Waals surface area contributed by atoms with Crippen molar-refractivity contribution in [3.05, 3.63) is 99.5 Å². The third kappa shape index (κ3) is 4.43. The van der Waals surface area contributed by atoms with Crippen LogP contribution in [0.1, 0.15) is 30.5 Å². The third-order valence-electron chi connectivity index (χ3n) is 5.42. The van der Waals surface area contributed by atoms with Crippen molar-refractivity contribution in [2.45, 2.75) is 19.9 Å². The van der Waals surface area contributed by atoms with E-state index in [0.29, 0.717) is 47.7 Å². The van der Waals surface area contributed by atoms with E-state index in [0.717, 1.165) is 4.88 Å². The highest BCUT2D eigenvalue weighted by Gasteiger charge is 2.33. The highest BCUT2D eigenvalue weighted by Crippen LogP contribution is 2.34. The third-order valence-corrected chi connectivity index (χ3v) is 7.90. The van der Waals surface area contributed by atoms with Crippen molar-refractivity contribution in [1.29, 1.82) is 0 Å². The first-order valence-electron chi connectivity index (χ1n) is 10.7. The van der Waals surface area contributed by atoms with Crippen molar-refractivity contribution >= 4 is 57.9 Å². The molecule has 0 amide bonds. The number of thiazole rings is 1. The van der Waals surface area contributed by atoms with Crippen molar-refractivity contribution in [2.75, 3.05) is 6.61 Å². The molecular weight excluding hydrogens is 527 g/mol. The fraction of sp³-hybridized carbons (Fsp3) is 0.160. The van der Waals surface area contributed by atoms with Crippen LogP contribution in [-0.4, -0.2) is 17.1 Å². The normalized spacial score (nSPS) is 15.8. The molecule has 5 rings (SSSR count). The Morgan fingerprint density at radius 3 is 2.83 bits per heavy atom. The van der Waals surface area contributed by atoms with Crippen LogP contribution < -0.4 is 14.9 Å². The molecule has 6 nitrogen and oxygen atoms in total. The van der Waals surface area contributed by atoms with Gasteiger partial charge in [0.15, 0.2) is 4.80 Å². The van der Waals surface area contributed by atoms with Crippen molar-refractivity contribution < 1.29 is 13.9 Å². The van der Waals surface area contributed by atoms with Gasteiger partial charge in [-0.1, -0.05) is 40.6 Å². The van der Waals surface area contributed by atoms with Crippen LogP contribution >= 0.6 is 45.9 Å². The molecule has 10 heteroatoms. The number of aromatic nitrogens is 1. The number of hydrogen-bond donors (Lipinski definition) is 0. The first kappa shape index (κ1) is 23.8. The minimum Gasteiger partial charge on any atom is -0.463 e. The predicted molar refractivity (Wildman–Crippen MR) is 139 cm³/mol. The van der Waals surface area contributed by atoms with Crippen LogP contribution in [-0.2, 0) is 9.53 Å². The largest absolute Gasteiger partial charge is 0.463 e. The van der Waals surface area contributed by atoms with Gasteiger partial charge in [-0.25, -0.2) is 9.79 Å². The number of carbonyl (C=O) groups excluding carboxylic acids is 1. The van der Waals surface area contributed by atoms with Crippen LogP contribution in [0.5, 0.6) is 0 Å². The number of rotatable bonds is 5. The Morgan fingerprint density at radius 2 is 2.09 bits per heavy atom. The summed E-state index contributed by atoms with van der Waals surface area (Å²) in [4.78, 5) is 32.3. The molecule has 178 valence electrons. The molecule has 0 radical (unpaired) electrons. The van der Waals surface area contributed by atoms with Crippen LogP contribution in [0, 0.1) is 0 Å². The van der Waals surface area contributed by atoms with Crippen molar-refractivity contribution in [1.82, 2.24) is 4.57 Å². The highest BCUT2D eigenvalue weighted by molar-refractivity contribution is 7.10. The number of halogens is 2. The molecule has 4 aromatic rings. The van der Waals surface area contributed by atoms with E-state index in [1.165, 1.54) is 22.7 Å². The van der Waals surface area contributed by atoms with E-state index in [1.54, 1.807) is 54.8 Å². The molecule has 0 saturated carbocycles. The topological polar surface area (TPSA) is 73.8 Å². The van der Waals surface area contributed by atoms with Crippen LogP contribution in [0.4, 0.5) is 0 Å². The number of benzene rings is 1. The van der Waals surface area contributed by atoms with Gasteiger partial charge in [0.2, 0.25) is 0 Å². The summed E-state index contributed by atoms with van der Waals surface area (Å²) in [6.45, 7) is 3.74. The number of allylic oxidation sites excluding steroid dienone is 1. The SMILES string of the molecule is CCOC(=O)C1=C(C)N=c2s/c(=C/c3ccc(-c4cc(Cl)ccc4Cl)o3)c(=O)n2[C@H]1c1cccs1. The number of nitrogens with zero attached hydrogens (tertiary/aromatic N) is 2. The van der Waals surface area contributed by atoms with Crippen LogP contribution in [0.25, 0.3) is 17.4 Å². The van der Waals surface area contributed by atoms with Gasteiger partial charge in [0.25, 0.3) is 5.56 Å². The second-order valence-corrected chi connectivity index (χ2v) is 10.5. The van der Waals surface area contributed by atoms with Gasteiger partial charge in [-0.2, -0.15) is 0 Å². The van der Waals surface area contributed by atoms with Gasteiger partial charge in [0.1, 0.15) is 17.6 Å². The van der Waals surface area contributed by atoms with Gasteiger partial charge >= 0.3 is 5.97 Å². The minimum absolute atomic E-state index is 0.231. The van der Waals surface area contributed by atoms with E-state index in [1.807, 2.05) is 17.5 Å².